The summed E-state index contributed by atoms with van der Waals surface area (Å²) in [5.74, 6) is 0. The quantitative estimate of drug-likeness (QED) is 0.744. The Morgan fingerprint density at radius 1 is 1.20 bits per heavy atom. The van der Waals surface area contributed by atoms with Crippen molar-refractivity contribution in [1.82, 2.24) is 4.72 Å². The lowest BCUT2D eigenvalue weighted by atomic mass is 10.2. The van der Waals surface area contributed by atoms with Crippen molar-refractivity contribution in [3.05, 3.63) is 29.2 Å². The van der Waals surface area contributed by atoms with Gasteiger partial charge in [0.15, 0.2) is 9.84 Å². The van der Waals surface area contributed by atoms with Crippen molar-refractivity contribution in [2.45, 2.75) is 22.6 Å². The normalized spacial score (nSPS) is 16.2. The Morgan fingerprint density at radius 3 is 2.65 bits per heavy atom. The van der Waals surface area contributed by atoms with E-state index < -0.39 is 19.9 Å². The first kappa shape index (κ1) is 15.2. The lowest BCUT2D eigenvalue weighted by Crippen LogP contribution is -2.25. The molecule has 110 valence electrons. The van der Waals surface area contributed by atoms with Crippen LogP contribution in [0.25, 0.3) is 6.08 Å². The molecule has 0 atom stereocenters. The summed E-state index contributed by atoms with van der Waals surface area (Å²) in [6.07, 6.45) is 2.46. The lowest BCUT2D eigenvalue weighted by molar-refractivity contribution is 0.285. The zero-order valence-electron chi connectivity index (χ0n) is 10.6. The third-order valence-corrected chi connectivity index (χ3v) is 5.83. The van der Waals surface area contributed by atoms with Crippen LogP contribution >= 0.6 is 0 Å². The lowest BCUT2D eigenvalue weighted by Gasteiger charge is -2.08. The molecule has 1 aliphatic rings. The van der Waals surface area contributed by atoms with Crippen LogP contribution in [0.1, 0.15) is 18.4 Å². The SMILES string of the molecule is O=S1(=O)C=Cc2ccc(S(=O)(=O)NCCCCO)cc21. The first-order valence-corrected chi connectivity index (χ1v) is 9.07. The molecule has 0 unspecified atom stereocenters. The summed E-state index contributed by atoms with van der Waals surface area (Å²) in [6, 6.07) is 4.01. The van der Waals surface area contributed by atoms with Gasteiger partial charge in [0.1, 0.15) is 0 Å². The van der Waals surface area contributed by atoms with E-state index in [9.17, 15) is 16.8 Å². The molecule has 20 heavy (non-hydrogen) atoms. The largest absolute Gasteiger partial charge is 0.396 e. The van der Waals surface area contributed by atoms with Gasteiger partial charge in [-0.15, -0.1) is 0 Å². The molecule has 1 aromatic rings. The Morgan fingerprint density at radius 2 is 1.95 bits per heavy atom. The summed E-state index contributed by atoms with van der Waals surface area (Å²) in [5.41, 5.74) is 0.490. The van der Waals surface area contributed by atoms with Gasteiger partial charge in [-0.3, -0.25) is 0 Å². The Balaban J connectivity index is 2.23. The second-order valence-electron chi connectivity index (χ2n) is 4.38. The van der Waals surface area contributed by atoms with E-state index in [1.807, 2.05) is 0 Å². The third kappa shape index (κ3) is 3.09. The third-order valence-electron chi connectivity index (χ3n) is 2.91. The van der Waals surface area contributed by atoms with E-state index in [2.05, 4.69) is 4.72 Å². The maximum absolute atomic E-state index is 12.0. The summed E-state index contributed by atoms with van der Waals surface area (Å²) >= 11 is 0. The van der Waals surface area contributed by atoms with Crippen LogP contribution in [0.4, 0.5) is 0 Å². The Kier molecular flexibility index (Phi) is 4.28. The van der Waals surface area contributed by atoms with Gasteiger partial charge in [0, 0.05) is 18.6 Å². The highest BCUT2D eigenvalue weighted by Crippen LogP contribution is 2.28. The summed E-state index contributed by atoms with van der Waals surface area (Å²) in [5, 5.41) is 9.68. The van der Waals surface area contributed by atoms with Crippen LogP contribution in [0.15, 0.2) is 33.4 Å². The minimum Gasteiger partial charge on any atom is -0.396 e. The second-order valence-corrected chi connectivity index (χ2v) is 7.94. The summed E-state index contributed by atoms with van der Waals surface area (Å²) in [7, 11) is -7.26. The number of hydrogen-bond donors (Lipinski definition) is 2. The van der Waals surface area contributed by atoms with Crippen molar-refractivity contribution in [3.8, 4) is 0 Å². The number of rotatable bonds is 6. The molecule has 8 heteroatoms. The van der Waals surface area contributed by atoms with Crippen molar-refractivity contribution in [3.63, 3.8) is 0 Å². The number of nitrogens with one attached hydrogen (secondary N) is 1. The van der Waals surface area contributed by atoms with E-state index in [-0.39, 0.29) is 22.9 Å². The summed E-state index contributed by atoms with van der Waals surface area (Å²) in [4.78, 5) is -0.0664. The Hall–Kier alpha value is -1.22. The van der Waals surface area contributed by atoms with Gasteiger partial charge < -0.3 is 5.11 Å². The minimum absolute atomic E-state index is 0.00445. The van der Waals surface area contributed by atoms with Gasteiger partial charge in [0.05, 0.1) is 9.79 Å². The number of benzene rings is 1. The highest BCUT2D eigenvalue weighted by Gasteiger charge is 2.24. The van der Waals surface area contributed by atoms with E-state index in [1.54, 1.807) is 0 Å². The van der Waals surface area contributed by atoms with Crippen molar-refractivity contribution < 1.29 is 21.9 Å². The molecule has 2 N–H and O–H groups in total. The van der Waals surface area contributed by atoms with Crippen LogP contribution < -0.4 is 4.72 Å². The van der Waals surface area contributed by atoms with Crippen LogP contribution in [0.5, 0.6) is 0 Å². The molecule has 2 rings (SSSR count). The smallest absolute Gasteiger partial charge is 0.240 e. The van der Waals surface area contributed by atoms with Crippen LogP contribution in [0.3, 0.4) is 0 Å². The number of sulfonamides is 1. The molecule has 0 amide bonds. The number of hydrogen-bond acceptors (Lipinski definition) is 5. The van der Waals surface area contributed by atoms with E-state index >= 15 is 0 Å². The topological polar surface area (TPSA) is 101 Å². The zero-order valence-corrected chi connectivity index (χ0v) is 12.2. The number of sulfone groups is 1. The molecule has 0 radical (unpaired) electrons. The Labute approximate surface area is 118 Å². The van der Waals surface area contributed by atoms with Gasteiger partial charge in [-0.2, -0.15) is 0 Å². The fourth-order valence-corrected chi connectivity index (χ4v) is 4.23. The molecule has 0 fully saturated rings. The average Bonchev–Trinajstić information content (AvgIpc) is 2.70. The highest BCUT2D eigenvalue weighted by molar-refractivity contribution is 7.95. The van der Waals surface area contributed by atoms with Gasteiger partial charge in [-0.25, -0.2) is 21.6 Å². The highest BCUT2D eigenvalue weighted by atomic mass is 32.2. The fourth-order valence-electron chi connectivity index (χ4n) is 1.83. The molecular weight excluding hydrogens is 302 g/mol. The average molecular weight is 317 g/mol. The maximum atomic E-state index is 12.0. The van der Waals surface area contributed by atoms with Crippen LogP contribution in [0, 0.1) is 0 Å². The molecule has 6 nitrogen and oxygen atoms in total. The van der Waals surface area contributed by atoms with Crippen molar-refractivity contribution in [2.24, 2.45) is 0 Å². The number of unbranched alkanes of at least 4 members (excludes halogenated alkanes) is 1. The molecule has 0 saturated heterocycles. The predicted octanol–water partition coefficient (Wildman–Crippen LogP) is 0.495. The molecule has 1 aliphatic heterocycles. The first-order valence-electron chi connectivity index (χ1n) is 6.04. The molecule has 1 heterocycles. The summed E-state index contributed by atoms with van der Waals surface area (Å²) < 4.78 is 49.8. The zero-order chi connectivity index (χ0) is 14.8. The van der Waals surface area contributed by atoms with E-state index in [0.717, 1.165) is 5.41 Å². The first-order chi connectivity index (χ1) is 9.37. The number of aliphatic hydroxyl groups excluding tert-OH is 1. The molecular formula is C12H15NO5S2. The minimum atomic E-state index is -3.74. The fraction of sp³-hybridized carbons (Fsp3) is 0.333. The number of fused-ring (bicyclic) bond motifs is 1. The van der Waals surface area contributed by atoms with Crippen molar-refractivity contribution >= 4 is 25.9 Å². The van der Waals surface area contributed by atoms with Crippen LogP contribution in [0.2, 0.25) is 0 Å². The maximum Gasteiger partial charge on any atom is 0.240 e. The van der Waals surface area contributed by atoms with Crippen LogP contribution in [-0.2, 0) is 19.9 Å². The molecule has 0 bridgehead atoms. The van der Waals surface area contributed by atoms with Gasteiger partial charge in [0.25, 0.3) is 0 Å². The van der Waals surface area contributed by atoms with Crippen molar-refractivity contribution in [2.75, 3.05) is 13.2 Å². The van der Waals surface area contributed by atoms with Crippen LogP contribution in [-0.4, -0.2) is 35.1 Å². The number of aliphatic hydroxyl groups is 1. The van der Waals surface area contributed by atoms with Gasteiger partial charge in [-0.1, -0.05) is 6.07 Å². The van der Waals surface area contributed by atoms with E-state index in [0.29, 0.717) is 18.4 Å². The van der Waals surface area contributed by atoms with E-state index in [4.69, 9.17) is 5.11 Å². The van der Waals surface area contributed by atoms with Gasteiger partial charge >= 0.3 is 0 Å². The van der Waals surface area contributed by atoms with Gasteiger partial charge in [-0.05, 0) is 36.6 Å². The molecule has 1 aromatic carbocycles. The molecule has 0 aliphatic carbocycles. The molecule has 0 saturated carbocycles. The van der Waals surface area contributed by atoms with E-state index in [1.165, 1.54) is 24.3 Å². The monoisotopic (exact) mass is 317 g/mol. The molecule has 0 spiro atoms. The second kappa shape index (κ2) is 5.65. The summed E-state index contributed by atoms with van der Waals surface area (Å²) in [6.45, 7) is 0.204. The standard InChI is InChI=1S/C12H15NO5S2/c14-7-2-1-6-13-20(17,18)11-4-3-10-5-8-19(15,16)12(10)9-11/h3-5,8-9,13-14H,1-2,6-7H2. The van der Waals surface area contributed by atoms with Crippen molar-refractivity contribution in [1.29, 1.82) is 0 Å². The predicted molar refractivity (Wildman–Crippen MR) is 74.2 cm³/mol. The Bertz CT molecular complexity index is 735. The van der Waals surface area contributed by atoms with Gasteiger partial charge in [0.2, 0.25) is 10.0 Å². The molecule has 0 aromatic heterocycles.